The zero-order chi connectivity index (χ0) is 19.6. The minimum atomic E-state index is 0.534. The number of nitrogens with one attached hydrogen (secondary N) is 1. The fourth-order valence-corrected chi connectivity index (χ4v) is 4.05. The standard InChI is InChI=1S/C22H29IN2O3/c1-26-21-15-19(16-24-8-5-9-25-10-12-27-13-11-25)14-20(23)22(21)28-17-18-6-3-2-4-7-18/h2-4,6-7,14-15,24H,5,8-13,16-17H2,1H3. The second kappa shape index (κ2) is 11.6. The van der Waals surface area contributed by atoms with Crippen LogP contribution in [0.5, 0.6) is 11.5 Å². The Kier molecular flexibility index (Phi) is 8.85. The summed E-state index contributed by atoms with van der Waals surface area (Å²) >= 11 is 2.32. The molecular formula is C22H29IN2O3. The van der Waals surface area contributed by atoms with Gasteiger partial charge in [0.1, 0.15) is 6.61 Å². The molecule has 0 atom stereocenters. The summed E-state index contributed by atoms with van der Waals surface area (Å²) in [6.45, 7) is 7.33. The van der Waals surface area contributed by atoms with Crippen LogP contribution < -0.4 is 14.8 Å². The summed E-state index contributed by atoms with van der Waals surface area (Å²) < 4.78 is 18.1. The fourth-order valence-electron chi connectivity index (χ4n) is 3.23. The molecule has 1 heterocycles. The highest BCUT2D eigenvalue weighted by Crippen LogP contribution is 2.34. The van der Waals surface area contributed by atoms with Crippen LogP contribution in [-0.4, -0.2) is 51.4 Å². The minimum absolute atomic E-state index is 0.534. The highest BCUT2D eigenvalue weighted by Gasteiger charge is 2.12. The van der Waals surface area contributed by atoms with E-state index in [1.165, 1.54) is 5.56 Å². The molecule has 0 radical (unpaired) electrons. The number of morpholine rings is 1. The number of ether oxygens (including phenoxy) is 3. The lowest BCUT2D eigenvalue weighted by Gasteiger charge is -2.26. The molecule has 5 nitrogen and oxygen atoms in total. The van der Waals surface area contributed by atoms with Crippen molar-refractivity contribution < 1.29 is 14.2 Å². The summed E-state index contributed by atoms with van der Waals surface area (Å²) in [5.41, 5.74) is 2.35. The number of hydrogen-bond acceptors (Lipinski definition) is 5. The van der Waals surface area contributed by atoms with E-state index in [0.29, 0.717) is 6.61 Å². The van der Waals surface area contributed by atoms with E-state index < -0.39 is 0 Å². The van der Waals surface area contributed by atoms with E-state index in [4.69, 9.17) is 14.2 Å². The van der Waals surface area contributed by atoms with Crippen LogP contribution in [0.2, 0.25) is 0 Å². The number of benzene rings is 2. The van der Waals surface area contributed by atoms with E-state index in [1.807, 2.05) is 18.2 Å². The molecule has 1 aliphatic rings. The third-order valence-corrected chi connectivity index (χ3v) is 5.58. The van der Waals surface area contributed by atoms with Crippen molar-refractivity contribution >= 4 is 22.6 Å². The quantitative estimate of drug-likeness (QED) is 0.402. The predicted octanol–water partition coefficient (Wildman–Crippen LogP) is 3.69. The molecule has 28 heavy (non-hydrogen) atoms. The molecule has 0 saturated carbocycles. The van der Waals surface area contributed by atoms with Gasteiger partial charge in [-0.05, 0) is 65.4 Å². The molecule has 0 unspecified atom stereocenters. The number of hydrogen-bond donors (Lipinski definition) is 1. The van der Waals surface area contributed by atoms with Crippen LogP contribution in [0.15, 0.2) is 42.5 Å². The van der Waals surface area contributed by atoms with E-state index in [1.54, 1.807) is 7.11 Å². The molecule has 1 aliphatic heterocycles. The first-order valence-electron chi connectivity index (χ1n) is 9.80. The molecule has 2 aromatic rings. The summed E-state index contributed by atoms with van der Waals surface area (Å²) in [6, 6.07) is 14.4. The second-order valence-corrected chi connectivity index (χ2v) is 8.03. The fraction of sp³-hybridized carbons (Fsp3) is 0.455. The van der Waals surface area contributed by atoms with Crippen molar-refractivity contribution in [3.63, 3.8) is 0 Å². The molecule has 1 fully saturated rings. The molecule has 0 amide bonds. The zero-order valence-corrected chi connectivity index (χ0v) is 18.6. The van der Waals surface area contributed by atoms with Crippen LogP contribution in [-0.2, 0) is 17.9 Å². The Bertz CT molecular complexity index is 721. The van der Waals surface area contributed by atoms with Gasteiger partial charge in [-0.3, -0.25) is 4.90 Å². The molecule has 1 N–H and O–H groups in total. The SMILES string of the molecule is COc1cc(CNCCCN2CCOCC2)cc(I)c1OCc1ccccc1. The molecule has 0 aliphatic carbocycles. The largest absolute Gasteiger partial charge is 0.493 e. The molecule has 1 saturated heterocycles. The first-order valence-corrected chi connectivity index (χ1v) is 10.9. The van der Waals surface area contributed by atoms with Gasteiger partial charge in [-0.1, -0.05) is 30.3 Å². The summed E-state index contributed by atoms with van der Waals surface area (Å²) in [6.07, 6.45) is 1.15. The maximum atomic E-state index is 6.04. The van der Waals surface area contributed by atoms with Crippen molar-refractivity contribution in [3.05, 3.63) is 57.2 Å². The van der Waals surface area contributed by atoms with Crippen molar-refractivity contribution in [2.75, 3.05) is 46.5 Å². The lowest BCUT2D eigenvalue weighted by Crippen LogP contribution is -2.37. The van der Waals surface area contributed by atoms with Gasteiger partial charge in [0.2, 0.25) is 0 Å². The molecule has 0 spiro atoms. The Morgan fingerprint density at radius 2 is 1.89 bits per heavy atom. The topological polar surface area (TPSA) is 43.0 Å². The van der Waals surface area contributed by atoms with Crippen molar-refractivity contribution in [1.29, 1.82) is 0 Å². The monoisotopic (exact) mass is 496 g/mol. The van der Waals surface area contributed by atoms with E-state index in [9.17, 15) is 0 Å². The van der Waals surface area contributed by atoms with Crippen molar-refractivity contribution in [2.24, 2.45) is 0 Å². The third-order valence-electron chi connectivity index (χ3n) is 4.78. The van der Waals surface area contributed by atoms with Gasteiger partial charge in [0, 0.05) is 19.6 Å². The Labute approximate surface area is 181 Å². The Hall–Kier alpha value is -1.35. The van der Waals surface area contributed by atoms with E-state index >= 15 is 0 Å². The van der Waals surface area contributed by atoms with Gasteiger partial charge in [-0.25, -0.2) is 0 Å². The molecule has 0 bridgehead atoms. The van der Waals surface area contributed by atoms with Gasteiger partial charge >= 0.3 is 0 Å². The van der Waals surface area contributed by atoms with Crippen LogP contribution in [0.25, 0.3) is 0 Å². The Balaban J connectivity index is 1.47. The molecule has 2 aromatic carbocycles. The van der Waals surface area contributed by atoms with E-state index in [2.05, 4.69) is 57.1 Å². The molecule has 3 rings (SSSR count). The van der Waals surface area contributed by atoms with Crippen molar-refractivity contribution in [3.8, 4) is 11.5 Å². The summed E-state index contributed by atoms with van der Waals surface area (Å²) in [5, 5.41) is 3.54. The maximum absolute atomic E-state index is 6.04. The summed E-state index contributed by atoms with van der Waals surface area (Å²) in [5.74, 6) is 1.59. The van der Waals surface area contributed by atoms with Gasteiger partial charge < -0.3 is 19.5 Å². The summed E-state index contributed by atoms with van der Waals surface area (Å²) in [4.78, 5) is 2.47. The summed E-state index contributed by atoms with van der Waals surface area (Å²) in [7, 11) is 1.69. The lowest BCUT2D eigenvalue weighted by molar-refractivity contribution is 0.0374. The third kappa shape index (κ3) is 6.62. The number of nitrogens with zero attached hydrogens (tertiary/aromatic N) is 1. The lowest BCUT2D eigenvalue weighted by atomic mass is 10.2. The molecule has 152 valence electrons. The number of rotatable bonds is 10. The number of methoxy groups -OCH3 is 1. The van der Waals surface area contributed by atoms with Crippen LogP contribution in [0.4, 0.5) is 0 Å². The van der Waals surface area contributed by atoms with Crippen molar-refractivity contribution in [1.82, 2.24) is 10.2 Å². The first kappa shape index (κ1) is 21.4. The molecule has 0 aromatic heterocycles. The highest BCUT2D eigenvalue weighted by molar-refractivity contribution is 14.1. The number of halogens is 1. The normalized spacial score (nSPS) is 14.8. The van der Waals surface area contributed by atoms with Gasteiger partial charge in [0.15, 0.2) is 11.5 Å². The van der Waals surface area contributed by atoms with Crippen LogP contribution in [0.3, 0.4) is 0 Å². The first-order chi connectivity index (χ1) is 13.8. The second-order valence-electron chi connectivity index (χ2n) is 6.87. The van der Waals surface area contributed by atoms with E-state index in [0.717, 1.165) is 73.0 Å². The van der Waals surface area contributed by atoms with Gasteiger partial charge in [-0.2, -0.15) is 0 Å². The van der Waals surface area contributed by atoms with Crippen LogP contribution in [0.1, 0.15) is 17.5 Å². The highest BCUT2D eigenvalue weighted by atomic mass is 127. The van der Waals surface area contributed by atoms with Crippen LogP contribution >= 0.6 is 22.6 Å². The van der Waals surface area contributed by atoms with Gasteiger partial charge in [-0.15, -0.1) is 0 Å². The average molecular weight is 496 g/mol. The van der Waals surface area contributed by atoms with Crippen molar-refractivity contribution in [2.45, 2.75) is 19.6 Å². The Morgan fingerprint density at radius 1 is 1.11 bits per heavy atom. The van der Waals surface area contributed by atoms with E-state index in [-0.39, 0.29) is 0 Å². The maximum Gasteiger partial charge on any atom is 0.174 e. The smallest absolute Gasteiger partial charge is 0.174 e. The zero-order valence-electron chi connectivity index (χ0n) is 16.5. The van der Waals surface area contributed by atoms with Gasteiger partial charge in [0.05, 0.1) is 23.9 Å². The van der Waals surface area contributed by atoms with Gasteiger partial charge in [0.25, 0.3) is 0 Å². The molecule has 6 heteroatoms. The molecular weight excluding hydrogens is 467 g/mol. The predicted molar refractivity (Wildman–Crippen MR) is 120 cm³/mol. The van der Waals surface area contributed by atoms with Crippen LogP contribution in [0, 0.1) is 3.57 Å². The Morgan fingerprint density at radius 3 is 2.64 bits per heavy atom. The minimum Gasteiger partial charge on any atom is -0.493 e. The average Bonchev–Trinajstić information content (AvgIpc) is 2.74.